The van der Waals surface area contributed by atoms with E-state index in [0.29, 0.717) is 0 Å². The number of hydrogen-bond donors (Lipinski definition) is 1. The van der Waals surface area contributed by atoms with Crippen LogP contribution in [0, 0.1) is 6.92 Å². The second kappa shape index (κ2) is 5.97. The maximum atomic E-state index is 5.92. The lowest BCUT2D eigenvalue weighted by molar-refractivity contribution is -0.0353. The van der Waals surface area contributed by atoms with Crippen molar-refractivity contribution >= 4 is 0 Å². The largest absolute Gasteiger partial charge is 0.370 e. The van der Waals surface area contributed by atoms with Gasteiger partial charge < -0.3 is 10.5 Å². The predicted octanol–water partition coefficient (Wildman–Crippen LogP) is 3.00. The Morgan fingerprint density at radius 2 is 1.89 bits per heavy atom. The van der Waals surface area contributed by atoms with Gasteiger partial charge in [0, 0.05) is 30.6 Å². The van der Waals surface area contributed by atoms with Crippen LogP contribution in [0.2, 0.25) is 0 Å². The van der Waals surface area contributed by atoms with Gasteiger partial charge in [0.2, 0.25) is 0 Å². The number of rotatable bonds is 3. The Labute approximate surface area is 115 Å². The summed E-state index contributed by atoms with van der Waals surface area (Å²) < 4.78 is 5.84. The van der Waals surface area contributed by atoms with Gasteiger partial charge in [-0.3, -0.25) is 0 Å². The quantitative estimate of drug-likeness (QED) is 0.852. The number of ether oxygens (including phenoxy) is 1. The van der Waals surface area contributed by atoms with Crippen LogP contribution in [0.25, 0.3) is 0 Å². The van der Waals surface area contributed by atoms with E-state index in [1.54, 1.807) is 7.11 Å². The summed E-state index contributed by atoms with van der Waals surface area (Å²) in [5.74, 6) is 0.832. The van der Waals surface area contributed by atoms with E-state index in [9.17, 15) is 0 Å². The topological polar surface area (TPSA) is 61.0 Å². The molecule has 4 heteroatoms. The monoisotopic (exact) mass is 263 g/mol. The van der Waals surface area contributed by atoms with E-state index in [4.69, 9.17) is 10.5 Å². The van der Waals surface area contributed by atoms with Crippen LogP contribution in [0.4, 0.5) is 0 Å². The zero-order chi connectivity index (χ0) is 13.9. The molecule has 0 radical (unpaired) electrons. The fourth-order valence-corrected chi connectivity index (χ4v) is 2.96. The van der Waals surface area contributed by atoms with Gasteiger partial charge in [0.25, 0.3) is 0 Å². The van der Waals surface area contributed by atoms with Gasteiger partial charge >= 0.3 is 0 Å². The highest BCUT2D eigenvalue weighted by molar-refractivity contribution is 5.21. The summed E-state index contributed by atoms with van der Waals surface area (Å²) >= 11 is 0. The van der Waals surface area contributed by atoms with E-state index >= 15 is 0 Å². The summed E-state index contributed by atoms with van der Waals surface area (Å²) in [5.41, 5.74) is 7.62. The number of methoxy groups -OCH3 is 1. The molecule has 1 aromatic heterocycles. The maximum absolute atomic E-state index is 5.92. The number of nitrogens with two attached hydrogens (primary N) is 1. The van der Waals surface area contributed by atoms with Gasteiger partial charge in [0.05, 0.1) is 0 Å². The molecule has 1 aliphatic carbocycles. The third-order valence-corrected chi connectivity index (χ3v) is 4.22. The van der Waals surface area contributed by atoms with Gasteiger partial charge in [0.15, 0.2) is 5.82 Å². The molecule has 1 aromatic rings. The second-order valence-electron chi connectivity index (χ2n) is 5.64. The first-order valence-electron chi connectivity index (χ1n) is 7.24. The molecule has 0 amide bonds. The van der Waals surface area contributed by atoms with Gasteiger partial charge in [-0.25, -0.2) is 9.97 Å². The van der Waals surface area contributed by atoms with Crippen LogP contribution in [-0.4, -0.2) is 17.1 Å². The molecule has 19 heavy (non-hydrogen) atoms. The molecule has 4 nitrogen and oxygen atoms in total. The molecule has 0 spiro atoms. The summed E-state index contributed by atoms with van der Waals surface area (Å²) in [6.45, 7) is 3.97. The number of aromatic nitrogens is 2. The fraction of sp³-hybridized carbons (Fsp3) is 0.733. The van der Waals surface area contributed by atoms with Gasteiger partial charge in [-0.05, 0) is 26.7 Å². The molecule has 1 saturated carbocycles. The molecule has 1 atom stereocenters. The molecule has 106 valence electrons. The van der Waals surface area contributed by atoms with Gasteiger partial charge in [-0.1, -0.05) is 25.7 Å². The zero-order valence-electron chi connectivity index (χ0n) is 12.3. The fourth-order valence-electron chi connectivity index (χ4n) is 2.96. The van der Waals surface area contributed by atoms with Crippen molar-refractivity contribution in [3.05, 3.63) is 23.3 Å². The van der Waals surface area contributed by atoms with Crippen molar-refractivity contribution in [3.8, 4) is 0 Å². The number of aryl methyl sites for hydroxylation is 1. The molecule has 0 bridgehead atoms. The summed E-state index contributed by atoms with van der Waals surface area (Å²) in [7, 11) is 1.78. The van der Waals surface area contributed by atoms with Gasteiger partial charge in [-0.15, -0.1) is 0 Å². The maximum Gasteiger partial charge on any atom is 0.160 e. The molecular weight excluding hydrogens is 238 g/mol. The van der Waals surface area contributed by atoms with Crippen molar-refractivity contribution in [1.82, 2.24) is 9.97 Å². The third-order valence-electron chi connectivity index (χ3n) is 4.22. The highest BCUT2D eigenvalue weighted by Gasteiger charge is 2.35. The van der Waals surface area contributed by atoms with Crippen LogP contribution in [0.5, 0.6) is 0 Å². The van der Waals surface area contributed by atoms with E-state index in [0.717, 1.165) is 29.9 Å². The number of hydrogen-bond acceptors (Lipinski definition) is 4. The summed E-state index contributed by atoms with van der Waals surface area (Å²) in [5, 5.41) is 0. The Balaban J connectivity index is 2.35. The Morgan fingerprint density at radius 3 is 2.37 bits per heavy atom. The molecule has 0 saturated heterocycles. The average Bonchev–Trinajstić information content (AvgIpc) is 2.64. The van der Waals surface area contributed by atoms with Crippen LogP contribution >= 0.6 is 0 Å². The van der Waals surface area contributed by atoms with Crippen molar-refractivity contribution in [1.29, 1.82) is 0 Å². The number of nitrogens with zero attached hydrogens (tertiary/aromatic N) is 2. The van der Waals surface area contributed by atoms with Crippen molar-refractivity contribution in [2.24, 2.45) is 5.73 Å². The predicted molar refractivity (Wildman–Crippen MR) is 75.8 cm³/mol. The highest BCUT2D eigenvalue weighted by atomic mass is 16.5. The van der Waals surface area contributed by atoms with E-state index < -0.39 is 0 Å². The first-order valence-corrected chi connectivity index (χ1v) is 7.24. The van der Waals surface area contributed by atoms with Crippen molar-refractivity contribution in [2.75, 3.05) is 7.11 Å². The minimum Gasteiger partial charge on any atom is -0.370 e. The van der Waals surface area contributed by atoms with E-state index in [-0.39, 0.29) is 11.6 Å². The van der Waals surface area contributed by atoms with Crippen LogP contribution in [-0.2, 0) is 10.3 Å². The summed E-state index contributed by atoms with van der Waals surface area (Å²) in [6.07, 6.45) is 8.83. The molecule has 1 heterocycles. The van der Waals surface area contributed by atoms with E-state index in [1.165, 1.54) is 25.7 Å². The SMILES string of the molecule is COC1(c2ncc([C@@H](C)N)c(C)n2)CCCCCC1. The van der Waals surface area contributed by atoms with Crippen LogP contribution in [0.15, 0.2) is 6.20 Å². The first-order chi connectivity index (χ1) is 9.09. The average molecular weight is 263 g/mol. The minimum atomic E-state index is -0.294. The highest BCUT2D eigenvalue weighted by Crippen LogP contribution is 2.37. The van der Waals surface area contributed by atoms with E-state index in [1.807, 2.05) is 20.0 Å². The van der Waals surface area contributed by atoms with Gasteiger partial charge in [-0.2, -0.15) is 0 Å². The van der Waals surface area contributed by atoms with E-state index in [2.05, 4.69) is 9.97 Å². The standard InChI is InChI=1S/C15H25N3O/c1-11(16)13-10-17-14(18-12(13)2)15(19-3)8-6-4-5-7-9-15/h10-11H,4-9,16H2,1-3H3/t11-/m1/s1. The first kappa shape index (κ1) is 14.4. The smallest absolute Gasteiger partial charge is 0.160 e. The van der Waals surface area contributed by atoms with Crippen LogP contribution < -0.4 is 5.73 Å². The second-order valence-corrected chi connectivity index (χ2v) is 5.64. The lowest BCUT2D eigenvalue weighted by Crippen LogP contribution is -2.31. The lowest BCUT2D eigenvalue weighted by Gasteiger charge is -2.30. The molecule has 0 aromatic carbocycles. The molecule has 1 fully saturated rings. The zero-order valence-corrected chi connectivity index (χ0v) is 12.3. The molecule has 0 aliphatic heterocycles. The summed E-state index contributed by atoms with van der Waals surface area (Å²) in [4.78, 5) is 9.24. The Morgan fingerprint density at radius 1 is 1.26 bits per heavy atom. The molecule has 2 rings (SSSR count). The summed E-state index contributed by atoms with van der Waals surface area (Å²) in [6, 6.07) is -0.0262. The molecular formula is C15H25N3O. The van der Waals surface area contributed by atoms with Crippen LogP contribution in [0.1, 0.15) is 68.6 Å². The minimum absolute atomic E-state index is 0.0262. The van der Waals surface area contributed by atoms with Crippen LogP contribution in [0.3, 0.4) is 0 Å². The molecule has 2 N–H and O–H groups in total. The van der Waals surface area contributed by atoms with Crippen molar-refractivity contribution < 1.29 is 4.74 Å². The van der Waals surface area contributed by atoms with Gasteiger partial charge in [0.1, 0.15) is 5.60 Å². The Bertz CT molecular complexity index is 423. The normalized spacial score (nSPS) is 20.8. The van der Waals surface area contributed by atoms with Crippen molar-refractivity contribution in [2.45, 2.75) is 64.0 Å². The third kappa shape index (κ3) is 2.95. The molecule has 1 aliphatic rings. The Kier molecular flexibility index (Phi) is 4.53. The molecule has 0 unspecified atom stereocenters. The lowest BCUT2D eigenvalue weighted by atomic mass is 9.92. The van der Waals surface area contributed by atoms with Crippen molar-refractivity contribution in [3.63, 3.8) is 0 Å². The Hall–Kier alpha value is -1.00.